The lowest BCUT2D eigenvalue weighted by molar-refractivity contribution is 0.0488. The predicted molar refractivity (Wildman–Crippen MR) is 34.4 cm³/mol. The van der Waals surface area contributed by atoms with Gasteiger partial charge >= 0.3 is 0 Å². The summed E-state index contributed by atoms with van der Waals surface area (Å²) in [6.07, 6.45) is -0.0904. The van der Waals surface area contributed by atoms with Gasteiger partial charge in [0.2, 0.25) is 0 Å². The van der Waals surface area contributed by atoms with Gasteiger partial charge < -0.3 is 9.84 Å². The minimum atomic E-state index is -0.453. The molecule has 5 heteroatoms. The fourth-order valence-electron chi connectivity index (χ4n) is 0.928. The minimum absolute atomic E-state index is 0.234. The monoisotopic (exact) mass is 143 g/mol. The molecule has 5 nitrogen and oxygen atoms in total. The third-order valence-electron chi connectivity index (χ3n) is 1.50. The van der Waals surface area contributed by atoms with E-state index < -0.39 is 6.10 Å². The highest BCUT2D eigenvalue weighted by molar-refractivity contribution is 4.76. The van der Waals surface area contributed by atoms with Crippen molar-refractivity contribution in [1.29, 1.82) is 0 Å². The van der Waals surface area contributed by atoms with E-state index >= 15 is 0 Å². The summed E-state index contributed by atoms with van der Waals surface area (Å²) in [5.74, 6) is 0. The maximum atomic E-state index is 9.11. The maximum absolute atomic E-state index is 9.11. The van der Waals surface area contributed by atoms with Crippen molar-refractivity contribution >= 4 is 0 Å². The normalized spacial score (nSPS) is 31.7. The highest BCUT2D eigenvalue weighted by Crippen LogP contribution is 2.12. The minimum Gasteiger partial charge on any atom is -0.390 e. The van der Waals surface area contributed by atoms with Crippen molar-refractivity contribution in [2.45, 2.75) is 18.6 Å². The molecule has 0 saturated carbocycles. The van der Waals surface area contributed by atoms with Gasteiger partial charge in [-0.2, -0.15) is 0 Å². The summed E-state index contributed by atoms with van der Waals surface area (Å²) in [7, 11) is 0. The first-order valence-electron chi connectivity index (χ1n) is 3.15. The van der Waals surface area contributed by atoms with E-state index in [2.05, 4.69) is 10.0 Å². The van der Waals surface area contributed by atoms with Gasteiger partial charge in [0.15, 0.2) is 0 Å². The molecule has 0 aromatic carbocycles. The van der Waals surface area contributed by atoms with Crippen LogP contribution in [0, 0.1) is 0 Å². The first-order chi connectivity index (χ1) is 4.84. The van der Waals surface area contributed by atoms with Gasteiger partial charge in [0, 0.05) is 11.5 Å². The summed E-state index contributed by atoms with van der Waals surface area (Å²) in [5.41, 5.74) is 7.93. The van der Waals surface area contributed by atoms with Crippen LogP contribution in [0.25, 0.3) is 10.4 Å². The smallest absolute Gasteiger partial charge is 0.0891 e. The molecule has 0 aromatic rings. The second-order valence-corrected chi connectivity index (χ2v) is 2.18. The Hall–Kier alpha value is -0.770. The van der Waals surface area contributed by atoms with Crippen molar-refractivity contribution in [2.75, 3.05) is 13.2 Å². The molecule has 0 aromatic heterocycles. The number of aliphatic hydroxyl groups excluding tert-OH is 1. The fourth-order valence-corrected chi connectivity index (χ4v) is 0.928. The van der Waals surface area contributed by atoms with Gasteiger partial charge in [0.05, 0.1) is 18.8 Å². The molecule has 0 unspecified atom stereocenters. The Labute approximate surface area is 58.2 Å². The topological polar surface area (TPSA) is 78.2 Å². The molecule has 2 atom stereocenters. The molecule has 0 bridgehead atoms. The van der Waals surface area contributed by atoms with Gasteiger partial charge in [-0.25, -0.2) is 0 Å². The second kappa shape index (κ2) is 3.41. The van der Waals surface area contributed by atoms with Crippen LogP contribution in [0.3, 0.4) is 0 Å². The number of hydrogen-bond donors (Lipinski definition) is 1. The number of ether oxygens (including phenoxy) is 1. The predicted octanol–water partition coefficient (Wildman–Crippen LogP) is 0.446. The van der Waals surface area contributed by atoms with E-state index in [1.807, 2.05) is 0 Å². The summed E-state index contributed by atoms with van der Waals surface area (Å²) >= 11 is 0. The van der Waals surface area contributed by atoms with Crippen LogP contribution in [0.5, 0.6) is 0 Å². The average molecular weight is 143 g/mol. The van der Waals surface area contributed by atoms with Crippen LogP contribution in [0.2, 0.25) is 0 Å². The summed E-state index contributed by atoms with van der Waals surface area (Å²) in [5, 5.41) is 12.4. The molecular formula is C5H9N3O2. The molecule has 1 fully saturated rings. The van der Waals surface area contributed by atoms with Crippen LogP contribution < -0.4 is 0 Å². The molecule has 0 spiro atoms. The molecular weight excluding hydrogens is 134 g/mol. The Morgan fingerprint density at radius 3 is 3.10 bits per heavy atom. The quantitative estimate of drug-likeness (QED) is 0.346. The fraction of sp³-hybridized carbons (Fsp3) is 1.00. The van der Waals surface area contributed by atoms with Crippen LogP contribution in [0.4, 0.5) is 0 Å². The molecule has 56 valence electrons. The average Bonchev–Trinajstić information content (AvgIpc) is 2.31. The van der Waals surface area contributed by atoms with E-state index in [1.54, 1.807) is 0 Å². The molecule has 0 amide bonds. The zero-order valence-electron chi connectivity index (χ0n) is 5.47. The SMILES string of the molecule is [N-]=[N+]=NC[C@H]1OCC[C@@H]1O. The largest absolute Gasteiger partial charge is 0.390 e. The first kappa shape index (κ1) is 7.34. The van der Waals surface area contributed by atoms with Crippen molar-refractivity contribution in [1.82, 2.24) is 0 Å². The van der Waals surface area contributed by atoms with Crippen molar-refractivity contribution in [3.8, 4) is 0 Å². The van der Waals surface area contributed by atoms with Gasteiger partial charge in [0.1, 0.15) is 0 Å². The van der Waals surface area contributed by atoms with Gasteiger partial charge in [-0.1, -0.05) is 5.11 Å². The number of aliphatic hydroxyl groups is 1. The summed E-state index contributed by atoms with van der Waals surface area (Å²) in [6.45, 7) is 0.796. The van der Waals surface area contributed by atoms with E-state index in [4.69, 9.17) is 15.4 Å². The Morgan fingerprint density at radius 1 is 1.80 bits per heavy atom. The van der Waals surface area contributed by atoms with Crippen molar-refractivity contribution in [2.24, 2.45) is 5.11 Å². The molecule has 1 N–H and O–H groups in total. The number of rotatable bonds is 2. The second-order valence-electron chi connectivity index (χ2n) is 2.18. The number of nitrogens with zero attached hydrogens (tertiary/aromatic N) is 3. The van der Waals surface area contributed by atoms with Crippen molar-refractivity contribution in [3.05, 3.63) is 10.4 Å². The van der Waals surface area contributed by atoms with Crippen LogP contribution in [0.15, 0.2) is 5.11 Å². The molecule has 0 radical (unpaired) electrons. The maximum Gasteiger partial charge on any atom is 0.0891 e. The molecule has 1 rings (SSSR count). The molecule has 1 heterocycles. The lowest BCUT2D eigenvalue weighted by Crippen LogP contribution is -2.23. The van der Waals surface area contributed by atoms with Gasteiger partial charge in [-0.15, -0.1) is 0 Å². The van der Waals surface area contributed by atoms with E-state index in [9.17, 15) is 0 Å². The Morgan fingerprint density at radius 2 is 2.60 bits per heavy atom. The van der Waals surface area contributed by atoms with Gasteiger partial charge in [0.25, 0.3) is 0 Å². The Balaban J connectivity index is 2.32. The van der Waals surface area contributed by atoms with Crippen LogP contribution in [-0.4, -0.2) is 30.5 Å². The molecule has 1 aliphatic rings. The van der Waals surface area contributed by atoms with E-state index in [0.29, 0.717) is 13.0 Å². The zero-order chi connectivity index (χ0) is 7.40. The lowest BCUT2D eigenvalue weighted by atomic mass is 10.2. The molecule has 1 saturated heterocycles. The van der Waals surface area contributed by atoms with Gasteiger partial charge in [-0.3, -0.25) is 0 Å². The summed E-state index contributed by atoms with van der Waals surface area (Å²) < 4.78 is 5.05. The number of hydrogen-bond acceptors (Lipinski definition) is 3. The molecule has 0 aliphatic carbocycles. The van der Waals surface area contributed by atoms with Gasteiger partial charge in [-0.05, 0) is 12.0 Å². The third kappa shape index (κ3) is 1.60. The van der Waals surface area contributed by atoms with Crippen LogP contribution in [-0.2, 0) is 4.74 Å². The lowest BCUT2D eigenvalue weighted by Gasteiger charge is -2.08. The zero-order valence-corrected chi connectivity index (χ0v) is 5.47. The van der Waals surface area contributed by atoms with E-state index in [-0.39, 0.29) is 12.6 Å². The van der Waals surface area contributed by atoms with E-state index in [0.717, 1.165) is 0 Å². The standard InChI is InChI=1S/C5H9N3O2/c6-8-7-3-5-4(9)1-2-10-5/h4-5,9H,1-3H2/t4-,5+/m0/s1. The van der Waals surface area contributed by atoms with E-state index in [1.165, 1.54) is 0 Å². The first-order valence-corrected chi connectivity index (χ1v) is 3.15. The van der Waals surface area contributed by atoms with Crippen molar-refractivity contribution < 1.29 is 9.84 Å². The third-order valence-corrected chi connectivity index (χ3v) is 1.50. The van der Waals surface area contributed by atoms with Crippen LogP contribution >= 0.6 is 0 Å². The van der Waals surface area contributed by atoms with Crippen LogP contribution in [0.1, 0.15) is 6.42 Å². The highest BCUT2D eigenvalue weighted by Gasteiger charge is 2.24. The molecule has 10 heavy (non-hydrogen) atoms. The summed E-state index contributed by atoms with van der Waals surface area (Å²) in [6, 6.07) is 0. The Bertz CT molecular complexity index is 155. The van der Waals surface area contributed by atoms with Crippen molar-refractivity contribution in [3.63, 3.8) is 0 Å². The number of azide groups is 1. The Kier molecular flexibility index (Phi) is 2.50. The summed E-state index contributed by atoms with van der Waals surface area (Å²) in [4.78, 5) is 2.57. The molecule has 1 aliphatic heterocycles. The highest BCUT2D eigenvalue weighted by atomic mass is 16.5.